The Balaban J connectivity index is 2.17. The van der Waals surface area contributed by atoms with Gasteiger partial charge in [-0.05, 0) is 18.6 Å². The molecule has 0 atom stereocenters. The molecule has 2 aromatic rings. The zero-order valence-corrected chi connectivity index (χ0v) is 8.69. The monoisotopic (exact) mass is 217 g/mol. The highest BCUT2D eigenvalue weighted by Gasteiger charge is 2.10. The van der Waals surface area contributed by atoms with Crippen molar-refractivity contribution >= 4 is 17.5 Å². The first kappa shape index (κ1) is 10.2. The third-order valence-corrected chi connectivity index (χ3v) is 2.08. The van der Waals surface area contributed by atoms with Gasteiger partial charge in [-0.25, -0.2) is 4.98 Å². The maximum absolute atomic E-state index is 11.7. The van der Waals surface area contributed by atoms with E-state index in [-0.39, 0.29) is 11.7 Å². The maximum Gasteiger partial charge on any atom is 0.274 e. The summed E-state index contributed by atoms with van der Waals surface area (Å²) in [6.45, 7) is 1.87. The number of nitrogens with one attached hydrogen (secondary N) is 2. The molecule has 6 nitrogen and oxygen atoms in total. The number of hydrogen-bond acceptors (Lipinski definition) is 4. The molecule has 0 aliphatic rings. The van der Waals surface area contributed by atoms with Crippen LogP contribution in [0.2, 0.25) is 0 Å². The van der Waals surface area contributed by atoms with E-state index in [1.54, 1.807) is 12.3 Å². The summed E-state index contributed by atoms with van der Waals surface area (Å²) in [5, 5.41) is 8.87. The van der Waals surface area contributed by atoms with E-state index in [9.17, 15) is 4.79 Å². The van der Waals surface area contributed by atoms with Crippen molar-refractivity contribution in [2.24, 2.45) is 0 Å². The highest BCUT2D eigenvalue weighted by Crippen LogP contribution is 2.11. The van der Waals surface area contributed by atoms with Crippen LogP contribution in [0.15, 0.2) is 24.4 Å². The summed E-state index contributed by atoms with van der Waals surface area (Å²) in [5.74, 6) is 0.495. The number of H-pyrrole nitrogens is 1. The minimum absolute atomic E-state index is 0.280. The van der Waals surface area contributed by atoms with Crippen molar-refractivity contribution in [1.29, 1.82) is 0 Å². The smallest absolute Gasteiger partial charge is 0.274 e. The Bertz CT molecular complexity index is 519. The van der Waals surface area contributed by atoms with Crippen molar-refractivity contribution in [2.45, 2.75) is 6.92 Å². The van der Waals surface area contributed by atoms with Crippen LogP contribution in [-0.2, 0) is 0 Å². The molecule has 6 heteroatoms. The van der Waals surface area contributed by atoms with Crippen LogP contribution in [0.5, 0.6) is 0 Å². The zero-order chi connectivity index (χ0) is 11.5. The number of aromatic nitrogens is 3. The number of amides is 1. The fourth-order valence-corrected chi connectivity index (χ4v) is 1.24. The van der Waals surface area contributed by atoms with Crippen LogP contribution in [0.3, 0.4) is 0 Å². The average molecular weight is 217 g/mol. The quantitative estimate of drug-likeness (QED) is 0.697. The number of rotatable bonds is 2. The van der Waals surface area contributed by atoms with Crippen molar-refractivity contribution in [1.82, 2.24) is 15.2 Å². The molecule has 0 saturated heterocycles. The Hall–Kier alpha value is -2.37. The third-order valence-electron chi connectivity index (χ3n) is 2.08. The molecule has 0 radical (unpaired) electrons. The lowest BCUT2D eigenvalue weighted by molar-refractivity contribution is 0.102. The Morgan fingerprint density at radius 2 is 2.38 bits per heavy atom. The first-order chi connectivity index (χ1) is 7.66. The number of carbonyl (C=O) groups excluding carboxylic acids is 1. The topological polar surface area (TPSA) is 96.7 Å². The summed E-state index contributed by atoms with van der Waals surface area (Å²) >= 11 is 0. The standard InChI is InChI=1S/C10H11N5O/c1-6-3-2-4-12-9(6)13-10(16)7-5-8(11)15-14-7/h2-5H,1H3,(H3,11,14,15)(H,12,13,16). The van der Waals surface area contributed by atoms with E-state index in [0.29, 0.717) is 11.5 Å². The first-order valence-corrected chi connectivity index (χ1v) is 4.70. The van der Waals surface area contributed by atoms with Gasteiger partial charge in [0.2, 0.25) is 0 Å². The number of nitrogens with zero attached hydrogens (tertiary/aromatic N) is 2. The SMILES string of the molecule is Cc1cccnc1NC(=O)c1cc(N)n[nH]1. The molecule has 0 fully saturated rings. The van der Waals surface area contributed by atoms with Crippen LogP contribution in [0.25, 0.3) is 0 Å². The van der Waals surface area contributed by atoms with E-state index >= 15 is 0 Å². The van der Waals surface area contributed by atoms with E-state index in [1.807, 2.05) is 13.0 Å². The summed E-state index contributed by atoms with van der Waals surface area (Å²) < 4.78 is 0. The number of anilines is 2. The molecule has 0 aliphatic carbocycles. The number of aryl methyl sites for hydroxylation is 1. The highest BCUT2D eigenvalue weighted by molar-refractivity contribution is 6.03. The zero-order valence-electron chi connectivity index (χ0n) is 8.69. The van der Waals surface area contributed by atoms with Gasteiger partial charge in [-0.3, -0.25) is 9.89 Å². The Morgan fingerprint density at radius 1 is 1.56 bits per heavy atom. The second-order valence-electron chi connectivity index (χ2n) is 3.33. The Morgan fingerprint density at radius 3 is 3.00 bits per heavy atom. The molecule has 0 aliphatic heterocycles. The predicted molar refractivity (Wildman–Crippen MR) is 59.9 cm³/mol. The van der Waals surface area contributed by atoms with Crippen LogP contribution in [0, 0.1) is 6.92 Å². The van der Waals surface area contributed by atoms with Crippen LogP contribution < -0.4 is 11.1 Å². The third kappa shape index (κ3) is 2.00. The van der Waals surface area contributed by atoms with Crippen molar-refractivity contribution in [3.8, 4) is 0 Å². The van der Waals surface area contributed by atoms with Gasteiger partial charge in [0.15, 0.2) is 0 Å². The lowest BCUT2D eigenvalue weighted by Crippen LogP contribution is -2.14. The molecule has 2 rings (SSSR count). The normalized spacial score (nSPS) is 10.1. The van der Waals surface area contributed by atoms with Crippen LogP contribution in [0.1, 0.15) is 16.1 Å². The van der Waals surface area contributed by atoms with Crippen LogP contribution in [-0.4, -0.2) is 21.1 Å². The fourth-order valence-electron chi connectivity index (χ4n) is 1.24. The number of pyridine rings is 1. The molecule has 0 aromatic carbocycles. The molecule has 0 unspecified atom stereocenters. The number of hydrogen-bond donors (Lipinski definition) is 3. The molecule has 82 valence electrons. The van der Waals surface area contributed by atoms with Gasteiger partial charge >= 0.3 is 0 Å². The van der Waals surface area contributed by atoms with Crippen LogP contribution in [0.4, 0.5) is 11.6 Å². The van der Waals surface area contributed by atoms with E-state index in [4.69, 9.17) is 5.73 Å². The molecule has 2 aromatic heterocycles. The van der Waals surface area contributed by atoms with Gasteiger partial charge in [0.1, 0.15) is 17.3 Å². The minimum Gasteiger partial charge on any atom is -0.382 e. The van der Waals surface area contributed by atoms with Crippen molar-refractivity contribution in [3.05, 3.63) is 35.7 Å². The Kier molecular flexibility index (Phi) is 2.55. The van der Waals surface area contributed by atoms with Gasteiger partial charge in [0.05, 0.1) is 0 Å². The summed E-state index contributed by atoms with van der Waals surface area (Å²) in [7, 11) is 0. The number of nitrogen functional groups attached to an aromatic ring is 1. The van der Waals surface area contributed by atoms with Gasteiger partial charge in [-0.2, -0.15) is 5.10 Å². The molecular weight excluding hydrogens is 206 g/mol. The van der Waals surface area contributed by atoms with Crippen molar-refractivity contribution < 1.29 is 4.79 Å². The maximum atomic E-state index is 11.7. The van der Waals surface area contributed by atoms with E-state index in [0.717, 1.165) is 5.56 Å². The lowest BCUT2D eigenvalue weighted by atomic mass is 10.3. The second kappa shape index (κ2) is 4.01. The highest BCUT2D eigenvalue weighted by atomic mass is 16.2. The van der Waals surface area contributed by atoms with Gasteiger partial charge < -0.3 is 11.1 Å². The number of carbonyl (C=O) groups is 1. The van der Waals surface area contributed by atoms with Gasteiger partial charge in [0, 0.05) is 12.3 Å². The molecule has 0 spiro atoms. The van der Waals surface area contributed by atoms with Gasteiger partial charge in [-0.15, -0.1) is 0 Å². The van der Waals surface area contributed by atoms with E-state index < -0.39 is 0 Å². The fraction of sp³-hybridized carbons (Fsp3) is 0.100. The number of aromatic amines is 1. The lowest BCUT2D eigenvalue weighted by Gasteiger charge is -2.04. The first-order valence-electron chi connectivity index (χ1n) is 4.70. The molecule has 4 N–H and O–H groups in total. The van der Waals surface area contributed by atoms with Gasteiger partial charge in [0.25, 0.3) is 5.91 Å². The summed E-state index contributed by atoms with van der Waals surface area (Å²) in [5.41, 5.74) is 6.60. The molecule has 16 heavy (non-hydrogen) atoms. The molecule has 2 heterocycles. The van der Waals surface area contributed by atoms with Crippen LogP contribution >= 0.6 is 0 Å². The Labute approximate surface area is 91.9 Å². The molecule has 0 saturated carbocycles. The average Bonchev–Trinajstić information content (AvgIpc) is 2.68. The second-order valence-corrected chi connectivity index (χ2v) is 3.33. The minimum atomic E-state index is -0.314. The van der Waals surface area contributed by atoms with E-state index in [1.165, 1.54) is 6.07 Å². The molecular formula is C10H11N5O. The molecule has 0 bridgehead atoms. The summed E-state index contributed by atoms with van der Waals surface area (Å²) in [6.07, 6.45) is 1.62. The summed E-state index contributed by atoms with van der Waals surface area (Å²) in [4.78, 5) is 15.8. The van der Waals surface area contributed by atoms with Crippen molar-refractivity contribution in [3.63, 3.8) is 0 Å². The summed E-state index contributed by atoms with van der Waals surface area (Å²) in [6, 6.07) is 5.14. The predicted octanol–water partition coefficient (Wildman–Crippen LogP) is 0.948. The van der Waals surface area contributed by atoms with Gasteiger partial charge in [-0.1, -0.05) is 6.07 Å². The van der Waals surface area contributed by atoms with Crippen molar-refractivity contribution in [2.75, 3.05) is 11.1 Å². The number of nitrogens with two attached hydrogens (primary N) is 1. The van der Waals surface area contributed by atoms with E-state index in [2.05, 4.69) is 20.5 Å². The molecule has 1 amide bonds. The largest absolute Gasteiger partial charge is 0.382 e.